The molecule has 1 heterocycles. The average Bonchev–Trinajstić information content (AvgIpc) is 2.69. The van der Waals surface area contributed by atoms with Gasteiger partial charge in [-0.1, -0.05) is 12.1 Å². The molecule has 0 unspecified atom stereocenters. The largest absolute Gasteiger partial charge is 0.488 e. The molecule has 6 heteroatoms. The van der Waals surface area contributed by atoms with E-state index >= 15 is 0 Å². The molecule has 6 nitrogen and oxygen atoms in total. The zero-order valence-corrected chi connectivity index (χ0v) is 19.9. The summed E-state index contributed by atoms with van der Waals surface area (Å²) in [6, 6.07) is 6.35. The molecule has 1 aromatic carbocycles. The third kappa shape index (κ3) is 8.92. The predicted molar refractivity (Wildman–Crippen MR) is 125 cm³/mol. The van der Waals surface area contributed by atoms with Gasteiger partial charge in [-0.3, -0.25) is 0 Å². The number of hydrogen-bond donors (Lipinski definition) is 2. The van der Waals surface area contributed by atoms with Gasteiger partial charge in [0.25, 0.3) is 0 Å². The van der Waals surface area contributed by atoms with Crippen LogP contribution in [0.15, 0.2) is 23.2 Å². The van der Waals surface area contributed by atoms with Crippen molar-refractivity contribution in [1.29, 1.82) is 0 Å². The van der Waals surface area contributed by atoms with E-state index in [1.807, 2.05) is 0 Å². The number of rotatable bonds is 9. The maximum Gasteiger partial charge on any atom is 0.191 e. The highest BCUT2D eigenvalue weighted by molar-refractivity contribution is 5.79. The fraction of sp³-hybridized carbons (Fsp3) is 0.708. The Morgan fingerprint density at radius 1 is 1.20 bits per heavy atom. The lowest BCUT2D eigenvalue weighted by atomic mass is 9.97. The number of guanidine groups is 1. The van der Waals surface area contributed by atoms with Gasteiger partial charge in [0.15, 0.2) is 5.96 Å². The molecule has 2 N–H and O–H groups in total. The Kier molecular flexibility index (Phi) is 9.92. The smallest absolute Gasteiger partial charge is 0.191 e. The molecule has 30 heavy (non-hydrogen) atoms. The number of aliphatic imine (C=N–C) groups is 1. The minimum atomic E-state index is -0.229. The Bertz CT molecular complexity index is 662. The average molecular weight is 419 g/mol. The van der Waals surface area contributed by atoms with Crippen molar-refractivity contribution < 1.29 is 9.47 Å². The minimum Gasteiger partial charge on any atom is -0.488 e. The number of methoxy groups -OCH3 is 1. The summed E-state index contributed by atoms with van der Waals surface area (Å²) in [6.45, 7) is 17.0. The van der Waals surface area contributed by atoms with Gasteiger partial charge in [0.2, 0.25) is 0 Å². The van der Waals surface area contributed by atoms with Crippen LogP contribution in [-0.2, 0) is 11.3 Å². The molecule has 0 atom stereocenters. The number of aryl methyl sites for hydroxylation is 1. The first-order chi connectivity index (χ1) is 14.3. The summed E-state index contributed by atoms with van der Waals surface area (Å²) >= 11 is 0. The summed E-state index contributed by atoms with van der Waals surface area (Å²) in [7, 11) is 1.77. The summed E-state index contributed by atoms with van der Waals surface area (Å²) in [5.41, 5.74) is 2.08. The van der Waals surface area contributed by atoms with Crippen molar-refractivity contribution in [1.82, 2.24) is 15.5 Å². The van der Waals surface area contributed by atoms with Gasteiger partial charge >= 0.3 is 0 Å². The summed E-state index contributed by atoms with van der Waals surface area (Å²) in [6.07, 6.45) is 2.44. The monoisotopic (exact) mass is 418 g/mol. The highest BCUT2D eigenvalue weighted by Crippen LogP contribution is 2.25. The number of likely N-dealkylation sites (tertiary alicyclic amines) is 1. The van der Waals surface area contributed by atoms with Crippen molar-refractivity contribution in [2.75, 3.05) is 46.4 Å². The molecule has 0 saturated carbocycles. The molecule has 1 saturated heterocycles. The van der Waals surface area contributed by atoms with E-state index in [0.717, 1.165) is 56.6 Å². The van der Waals surface area contributed by atoms with Crippen molar-refractivity contribution >= 4 is 5.96 Å². The molecule has 0 aliphatic carbocycles. The van der Waals surface area contributed by atoms with Crippen molar-refractivity contribution in [3.8, 4) is 5.75 Å². The Morgan fingerprint density at radius 2 is 1.93 bits per heavy atom. The van der Waals surface area contributed by atoms with Crippen LogP contribution in [0.2, 0.25) is 0 Å². The molecular weight excluding hydrogens is 376 g/mol. The van der Waals surface area contributed by atoms with Crippen LogP contribution in [0, 0.1) is 12.8 Å². The van der Waals surface area contributed by atoms with Crippen LogP contribution in [0.4, 0.5) is 0 Å². The molecule has 0 bridgehead atoms. The van der Waals surface area contributed by atoms with E-state index in [9.17, 15) is 0 Å². The van der Waals surface area contributed by atoms with Crippen LogP contribution in [0.1, 0.15) is 51.7 Å². The van der Waals surface area contributed by atoms with E-state index in [4.69, 9.17) is 14.5 Å². The second kappa shape index (κ2) is 12.2. The van der Waals surface area contributed by atoms with Gasteiger partial charge in [0.05, 0.1) is 13.2 Å². The zero-order valence-electron chi connectivity index (χ0n) is 19.9. The third-order valence-electron chi connectivity index (χ3n) is 5.27. The number of ether oxygens (including phenoxy) is 2. The number of piperidine rings is 1. The number of hydrogen-bond acceptors (Lipinski definition) is 4. The Hall–Kier alpha value is -1.79. The second-order valence-electron chi connectivity index (χ2n) is 9.18. The van der Waals surface area contributed by atoms with Crippen molar-refractivity contribution in [3.63, 3.8) is 0 Å². The van der Waals surface area contributed by atoms with Gasteiger partial charge in [-0.2, -0.15) is 0 Å². The van der Waals surface area contributed by atoms with E-state index in [0.29, 0.717) is 12.5 Å². The first kappa shape index (κ1) is 24.5. The van der Waals surface area contributed by atoms with Gasteiger partial charge in [-0.15, -0.1) is 0 Å². The molecule has 2 rings (SSSR count). The number of benzene rings is 1. The molecule has 0 aromatic heterocycles. The highest BCUT2D eigenvalue weighted by Gasteiger charge is 2.19. The van der Waals surface area contributed by atoms with Crippen LogP contribution in [0.5, 0.6) is 5.75 Å². The summed E-state index contributed by atoms with van der Waals surface area (Å²) in [5.74, 6) is 2.49. The first-order valence-corrected chi connectivity index (χ1v) is 11.3. The number of nitrogens with one attached hydrogen (secondary N) is 2. The van der Waals surface area contributed by atoms with Gasteiger partial charge in [-0.05, 0) is 78.1 Å². The molecule has 1 aromatic rings. The Labute approximate surface area is 183 Å². The lowest BCUT2D eigenvalue weighted by Crippen LogP contribution is -2.43. The van der Waals surface area contributed by atoms with Gasteiger partial charge in [0.1, 0.15) is 11.4 Å². The summed E-state index contributed by atoms with van der Waals surface area (Å²) < 4.78 is 11.4. The quantitative estimate of drug-likeness (QED) is 0.474. The van der Waals surface area contributed by atoms with Crippen LogP contribution in [0.25, 0.3) is 0 Å². The molecule has 1 aliphatic rings. The molecule has 0 amide bonds. The molecule has 0 spiro atoms. The van der Waals surface area contributed by atoms with Crippen molar-refractivity contribution in [2.24, 2.45) is 10.9 Å². The SMILES string of the molecule is CCNC(=NCc1ccc(C)cc1OC(C)(C)C)NCC1CCN(CCOC)CC1. The van der Waals surface area contributed by atoms with Crippen LogP contribution in [-0.4, -0.2) is 62.9 Å². The third-order valence-corrected chi connectivity index (χ3v) is 5.27. The van der Waals surface area contributed by atoms with Crippen molar-refractivity contribution in [3.05, 3.63) is 29.3 Å². The van der Waals surface area contributed by atoms with E-state index in [1.165, 1.54) is 18.4 Å². The molecular formula is C24H42N4O2. The molecule has 1 fully saturated rings. The van der Waals surface area contributed by atoms with Crippen LogP contribution >= 0.6 is 0 Å². The second-order valence-corrected chi connectivity index (χ2v) is 9.18. The van der Waals surface area contributed by atoms with Crippen molar-refractivity contribution in [2.45, 2.75) is 59.6 Å². The van der Waals surface area contributed by atoms with Crippen LogP contribution < -0.4 is 15.4 Å². The molecule has 0 radical (unpaired) electrons. The Balaban J connectivity index is 1.92. The Morgan fingerprint density at radius 3 is 2.57 bits per heavy atom. The van der Waals surface area contributed by atoms with E-state index in [-0.39, 0.29) is 5.60 Å². The highest BCUT2D eigenvalue weighted by atomic mass is 16.5. The fourth-order valence-corrected chi connectivity index (χ4v) is 3.60. The zero-order chi connectivity index (χ0) is 22.0. The maximum atomic E-state index is 6.18. The lowest BCUT2D eigenvalue weighted by Gasteiger charge is -2.32. The van der Waals surface area contributed by atoms with Gasteiger partial charge < -0.3 is 25.0 Å². The van der Waals surface area contributed by atoms with Gasteiger partial charge in [-0.25, -0.2) is 4.99 Å². The topological polar surface area (TPSA) is 58.1 Å². The van der Waals surface area contributed by atoms with E-state index < -0.39 is 0 Å². The van der Waals surface area contributed by atoms with Crippen LogP contribution in [0.3, 0.4) is 0 Å². The first-order valence-electron chi connectivity index (χ1n) is 11.3. The maximum absolute atomic E-state index is 6.18. The number of nitrogens with zero attached hydrogens (tertiary/aromatic N) is 2. The standard InChI is InChI=1S/C24H42N4O2/c1-7-25-23(26-17-20-10-12-28(13-11-20)14-15-29-6)27-18-21-9-8-19(2)16-22(21)30-24(3,4)5/h8-9,16,20H,7,10-15,17-18H2,1-6H3,(H2,25,26,27). The predicted octanol–water partition coefficient (Wildman–Crippen LogP) is 3.59. The summed E-state index contributed by atoms with van der Waals surface area (Å²) in [5, 5.41) is 6.93. The fourth-order valence-electron chi connectivity index (χ4n) is 3.60. The van der Waals surface area contributed by atoms with E-state index in [2.05, 4.69) is 68.4 Å². The van der Waals surface area contributed by atoms with E-state index in [1.54, 1.807) is 7.11 Å². The normalized spacial score (nSPS) is 16.5. The lowest BCUT2D eigenvalue weighted by molar-refractivity contribution is 0.121. The van der Waals surface area contributed by atoms with Gasteiger partial charge in [0, 0.05) is 32.3 Å². The minimum absolute atomic E-state index is 0.229. The molecule has 170 valence electrons. The summed E-state index contributed by atoms with van der Waals surface area (Å²) in [4.78, 5) is 7.32. The molecule has 1 aliphatic heterocycles.